The summed E-state index contributed by atoms with van der Waals surface area (Å²) in [6.07, 6.45) is -1.68. The first-order valence-electron chi connectivity index (χ1n) is 8.71. The van der Waals surface area contributed by atoms with Crippen molar-refractivity contribution in [1.29, 1.82) is 0 Å². The lowest BCUT2D eigenvalue weighted by Crippen LogP contribution is -2.46. The van der Waals surface area contributed by atoms with Crippen molar-refractivity contribution in [1.82, 2.24) is 10.6 Å². The van der Waals surface area contributed by atoms with Crippen LogP contribution in [-0.4, -0.2) is 35.9 Å². The second kappa shape index (κ2) is 11.3. The van der Waals surface area contributed by atoms with E-state index in [2.05, 4.69) is 15.6 Å². The number of alkyl carbamates (subject to hydrolysis) is 1. The quantitative estimate of drug-likeness (QED) is 0.521. The second-order valence-corrected chi connectivity index (χ2v) is 5.92. The number of hydrogen-bond acceptors (Lipinski definition) is 5. The molecule has 2 rings (SSSR count). The van der Waals surface area contributed by atoms with Crippen molar-refractivity contribution in [3.8, 4) is 0 Å². The molecule has 0 aromatic heterocycles. The van der Waals surface area contributed by atoms with Crippen molar-refractivity contribution in [2.75, 3.05) is 6.61 Å². The van der Waals surface area contributed by atoms with Crippen LogP contribution in [0.4, 0.5) is 9.59 Å². The van der Waals surface area contributed by atoms with Gasteiger partial charge in [-0.2, -0.15) is 0 Å². The number of carbonyl (C=O) groups is 2. The third-order valence-corrected chi connectivity index (χ3v) is 3.50. The average molecular weight is 385 g/mol. The number of aliphatic hydroxyl groups excluding tert-OH is 1. The SMILES string of the molecule is C[C@H](CO)N/C(=N/C(=O)OCc1ccccc1)NC(=O)OCc1ccccc1. The average Bonchev–Trinajstić information content (AvgIpc) is 2.72. The molecule has 1 atom stereocenters. The lowest BCUT2D eigenvalue weighted by Gasteiger charge is -2.15. The molecule has 0 radical (unpaired) electrons. The van der Waals surface area contributed by atoms with Gasteiger partial charge in [-0.05, 0) is 18.1 Å². The van der Waals surface area contributed by atoms with E-state index in [4.69, 9.17) is 9.47 Å². The van der Waals surface area contributed by atoms with Crippen LogP contribution in [0.15, 0.2) is 65.7 Å². The largest absolute Gasteiger partial charge is 0.444 e. The molecule has 0 heterocycles. The summed E-state index contributed by atoms with van der Waals surface area (Å²) in [7, 11) is 0. The van der Waals surface area contributed by atoms with Crippen LogP contribution in [-0.2, 0) is 22.7 Å². The highest BCUT2D eigenvalue weighted by molar-refractivity contribution is 5.98. The van der Waals surface area contributed by atoms with Gasteiger partial charge in [-0.1, -0.05) is 60.7 Å². The minimum Gasteiger partial charge on any atom is -0.444 e. The predicted molar refractivity (Wildman–Crippen MR) is 104 cm³/mol. The molecular formula is C20H23N3O5. The molecule has 148 valence electrons. The standard InChI is InChI=1S/C20H23N3O5/c1-15(12-24)21-18(22-19(25)27-13-16-8-4-2-5-9-16)23-20(26)28-14-17-10-6-3-7-11-17/h2-11,15,24H,12-14H2,1H3,(H2,21,22,23,25,26)/t15-/m1/s1. The fraction of sp³-hybridized carbons (Fsp3) is 0.250. The van der Waals surface area contributed by atoms with E-state index >= 15 is 0 Å². The fourth-order valence-corrected chi connectivity index (χ4v) is 2.07. The number of rotatable bonds is 6. The molecule has 3 N–H and O–H groups in total. The molecule has 0 unspecified atom stereocenters. The highest BCUT2D eigenvalue weighted by atomic mass is 16.6. The molecule has 0 aliphatic carbocycles. The molecule has 28 heavy (non-hydrogen) atoms. The van der Waals surface area contributed by atoms with Gasteiger partial charge in [-0.25, -0.2) is 9.59 Å². The van der Waals surface area contributed by atoms with Crippen LogP contribution in [0.5, 0.6) is 0 Å². The van der Waals surface area contributed by atoms with Crippen molar-refractivity contribution in [2.45, 2.75) is 26.2 Å². The molecule has 8 heteroatoms. The number of ether oxygens (including phenoxy) is 2. The van der Waals surface area contributed by atoms with Gasteiger partial charge in [0, 0.05) is 6.04 Å². The number of aliphatic imine (C=N–C) groups is 1. The topological polar surface area (TPSA) is 109 Å². The van der Waals surface area contributed by atoms with Crippen molar-refractivity contribution in [3.63, 3.8) is 0 Å². The summed E-state index contributed by atoms with van der Waals surface area (Å²) in [4.78, 5) is 27.6. The van der Waals surface area contributed by atoms with Gasteiger partial charge in [0.1, 0.15) is 13.2 Å². The molecular weight excluding hydrogens is 362 g/mol. The molecule has 8 nitrogen and oxygen atoms in total. The summed E-state index contributed by atoms with van der Waals surface area (Å²) in [6.45, 7) is 1.54. The molecule has 2 amide bonds. The van der Waals surface area contributed by atoms with Crippen molar-refractivity contribution < 1.29 is 24.2 Å². The predicted octanol–water partition coefficient (Wildman–Crippen LogP) is 2.58. The monoisotopic (exact) mass is 385 g/mol. The zero-order valence-corrected chi connectivity index (χ0v) is 15.5. The number of hydrogen-bond donors (Lipinski definition) is 3. The second-order valence-electron chi connectivity index (χ2n) is 5.92. The van der Waals surface area contributed by atoms with E-state index in [0.717, 1.165) is 11.1 Å². The maximum absolute atomic E-state index is 12.0. The molecule has 0 bridgehead atoms. The Bertz CT molecular complexity index is 781. The minimum atomic E-state index is -0.889. The van der Waals surface area contributed by atoms with Crippen LogP contribution in [0.3, 0.4) is 0 Å². The molecule has 2 aromatic rings. The van der Waals surface area contributed by atoms with Gasteiger partial charge < -0.3 is 19.9 Å². The first kappa shape index (κ1) is 20.9. The fourth-order valence-electron chi connectivity index (χ4n) is 2.07. The van der Waals surface area contributed by atoms with Crippen LogP contribution in [0, 0.1) is 0 Å². The molecule has 0 spiro atoms. The molecule has 0 aliphatic rings. The maximum atomic E-state index is 12.0. The highest BCUT2D eigenvalue weighted by Crippen LogP contribution is 2.02. The number of benzene rings is 2. The van der Waals surface area contributed by atoms with Gasteiger partial charge in [0.2, 0.25) is 5.96 Å². The van der Waals surface area contributed by atoms with Gasteiger partial charge in [0.25, 0.3) is 0 Å². The van der Waals surface area contributed by atoms with Crippen molar-refractivity contribution in [3.05, 3.63) is 71.8 Å². The summed E-state index contributed by atoms with van der Waals surface area (Å²) >= 11 is 0. The van der Waals surface area contributed by atoms with Gasteiger partial charge in [0.15, 0.2) is 0 Å². The molecule has 0 saturated carbocycles. The van der Waals surface area contributed by atoms with Gasteiger partial charge >= 0.3 is 12.2 Å². The molecule has 0 saturated heterocycles. The normalized spacial score (nSPS) is 12.0. The first-order valence-corrected chi connectivity index (χ1v) is 8.71. The number of aliphatic hydroxyl groups is 1. The number of nitrogens with zero attached hydrogens (tertiary/aromatic N) is 1. The third kappa shape index (κ3) is 7.88. The Morgan fingerprint density at radius 2 is 1.50 bits per heavy atom. The van der Waals surface area contributed by atoms with Crippen LogP contribution < -0.4 is 10.6 Å². The molecule has 0 fully saturated rings. The van der Waals surface area contributed by atoms with E-state index in [-0.39, 0.29) is 25.8 Å². The lowest BCUT2D eigenvalue weighted by atomic mass is 10.2. The summed E-state index contributed by atoms with van der Waals surface area (Å²) in [5.41, 5.74) is 1.62. The Kier molecular flexibility index (Phi) is 8.48. The number of amides is 2. The lowest BCUT2D eigenvalue weighted by molar-refractivity contribution is 0.144. The zero-order valence-electron chi connectivity index (χ0n) is 15.5. The van der Waals surface area contributed by atoms with E-state index in [1.165, 1.54) is 0 Å². The number of guanidine groups is 1. The smallest absolute Gasteiger partial charge is 0.437 e. The van der Waals surface area contributed by atoms with Crippen LogP contribution in [0.25, 0.3) is 0 Å². The van der Waals surface area contributed by atoms with E-state index < -0.39 is 18.2 Å². The van der Waals surface area contributed by atoms with Crippen molar-refractivity contribution in [2.24, 2.45) is 4.99 Å². The Morgan fingerprint density at radius 3 is 2.04 bits per heavy atom. The van der Waals surface area contributed by atoms with E-state index in [9.17, 15) is 14.7 Å². The zero-order chi connectivity index (χ0) is 20.2. The Morgan fingerprint density at radius 1 is 0.964 bits per heavy atom. The van der Waals surface area contributed by atoms with Crippen molar-refractivity contribution >= 4 is 18.1 Å². The number of nitrogens with one attached hydrogen (secondary N) is 2. The van der Waals surface area contributed by atoms with Crippen LogP contribution in [0.1, 0.15) is 18.1 Å². The Labute approximate surface area is 163 Å². The highest BCUT2D eigenvalue weighted by Gasteiger charge is 2.13. The molecule has 2 aromatic carbocycles. The van der Waals surface area contributed by atoms with E-state index in [1.54, 1.807) is 6.92 Å². The minimum absolute atomic E-state index is 0.0461. The molecule has 0 aliphatic heterocycles. The third-order valence-electron chi connectivity index (χ3n) is 3.50. The summed E-state index contributed by atoms with van der Waals surface area (Å²) < 4.78 is 10.2. The Balaban J connectivity index is 1.92. The van der Waals surface area contributed by atoms with Gasteiger partial charge in [-0.15, -0.1) is 4.99 Å². The van der Waals surface area contributed by atoms with E-state index in [0.29, 0.717) is 0 Å². The van der Waals surface area contributed by atoms with Crippen LogP contribution in [0.2, 0.25) is 0 Å². The maximum Gasteiger partial charge on any atom is 0.437 e. The summed E-state index contributed by atoms with van der Waals surface area (Å²) in [6, 6.07) is 17.8. The number of carbonyl (C=O) groups excluding carboxylic acids is 2. The summed E-state index contributed by atoms with van der Waals surface area (Å²) in [5.74, 6) is -0.169. The summed E-state index contributed by atoms with van der Waals surface area (Å²) in [5, 5.41) is 14.2. The van der Waals surface area contributed by atoms with E-state index in [1.807, 2.05) is 60.7 Å². The van der Waals surface area contributed by atoms with Gasteiger partial charge in [-0.3, -0.25) is 5.32 Å². The Hall–Kier alpha value is -3.39. The first-order chi connectivity index (χ1) is 13.6. The van der Waals surface area contributed by atoms with Gasteiger partial charge in [0.05, 0.1) is 6.61 Å². The van der Waals surface area contributed by atoms with Crippen LogP contribution >= 0.6 is 0 Å².